The Bertz CT molecular complexity index is 1800. The van der Waals surface area contributed by atoms with Crippen LogP contribution < -0.4 is 10.6 Å². The van der Waals surface area contributed by atoms with E-state index in [1.165, 1.54) is 18.3 Å². The van der Waals surface area contributed by atoms with Crippen LogP contribution in [0.3, 0.4) is 0 Å². The standard InChI is InChI=1S/C32H29Cl2FN8/c1-2-42-12-10-24(11-13-42)43-19-29(40-41-43)31(20-6-4-3-5-7-20)39-28-15-22(33)14-25-30(21(17-36)18-37-32(25)28)38-23-8-9-27(35)26(34)16-23/h3-9,14-16,18-19,24,31,39H,2,10-13H2,1H3,(H,37,38)/t31-/m0/s1. The first-order chi connectivity index (χ1) is 20.9. The molecule has 6 rings (SSSR count). The number of likely N-dealkylation sites (tertiary alicyclic amines) is 1. The number of nitrogens with zero attached hydrogens (tertiary/aromatic N) is 6. The van der Waals surface area contributed by atoms with Gasteiger partial charge in [0.15, 0.2) is 0 Å². The van der Waals surface area contributed by atoms with Crippen molar-refractivity contribution in [3.8, 4) is 6.07 Å². The summed E-state index contributed by atoms with van der Waals surface area (Å²) in [6.07, 6.45) is 5.58. The van der Waals surface area contributed by atoms with Crippen LogP contribution in [0.5, 0.6) is 0 Å². The van der Waals surface area contributed by atoms with Gasteiger partial charge in [0.25, 0.3) is 0 Å². The molecule has 3 heterocycles. The van der Waals surface area contributed by atoms with Crippen LogP contribution in [0.25, 0.3) is 10.9 Å². The van der Waals surface area contributed by atoms with E-state index in [9.17, 15) is 9.65 Å². The molecule has 0 aliphatic carbocycles. The Morgan fingerprint density at radius 2 is 1.88 bits per heavy atom. The zero-order valence-corrected chi connectivity index (χ0v) is 24.9. The lowest BCUT2D eigenvalue weighted by molar-refractivity contribution is 0.186. The maximum atomic E-state index is 13.8. The largest absolute Gasteiger partial charge is 0.371 e. The number of halogens is 3. The highest BCUT2D eigenvalue weighted by molar-refractivity contribution is 6.32. The second-order valence-electron chi connectivity index (χ2n) is 10.5. The zero-order chi connectivity index (χ0) is 29.9. The number of piperidine rings is 1. The molecule has 0 radical (unpaired) electrons. The van der Waals surface area contributed by atoms with Crippen molar-refractivity contribution in [1.82, 2.24) is 24.9 Å². The molecule has 1 atom stereocenters. The van der Waals surface area contributed by atoms with Crippen LogP contribution in [0.15, 0.2) is 73.1 Å². The molecule has 43 heavy (non-hydrogen) atoms. The maximum absolute atomic E-state index is 13.8. The van der Waals surface area contributed by atoms with E-state index >= 15 is 0 Å². The lowest BCUT2D eigenvalue weighted by Gasteiger charge is -2.30. The van der Waals surface area contributed by atoms with Gasteiger partial charge in [-0.3, -0.25) is 4.98 Å². The van der Waals surface area contributed by atoms with E-state index in [1.807, 2.05) is 47.3 Å². The summed E-state index contributed by atoms with van der Waals surface area (Å²) in [5.74, 6) is -0.530. The molecular formula is C32H29Cl2FN8. The molecule has 0 amide bonds. The van der Waals surface area contributed by atoms with Gasteiger partial charge in [0, 0.05) is 35.4 Å². The van der Waals surface area contributed by atoms with Gasteiger partial charge in [-0.1, -0.05) is 65.7 Å². The van der Waals surface area contributed by atoms with Gasteiger partial charge >= 0.3 is 0 Å². The third kappa shape index (κ3) is 6.13. The fraction of sp³-hybridized carbons (Fsp3) is 0.250. The molecule has 0 saturated carbocycles. The Morgan fingerprint density at radius 1 is 1.09 bits per heavy atom. The van der Waals surface area contributed by atoms with E-state index in [0.29, 0.717) is 44.6 Å². The van der Waals surface area contributed by atoms with Gasteiger partial charge in [-0.05, 0) is 55.3 Å². The Kier molecular flexibility index (Phi) is 8.43. The van der Waals surface area contributed by atoms with E-state index in [1.54, 1.807) is 12.1 Å². The van der Waals surface area contributed by atoms with Gasteiger partial charge in [0.05, 0.1) is 45.8 Å². The first-order valence-corrected chi connectivity index (χ1v) is 14.9. The number of aromatic nitrogens is 4. The average molecular weight is 616 g/mol. The molecule has 0 bridgehead atoms. The summed E-state index contributed by atoms with van der Waals surface area (Å²) in [4.78, 5) is 7.10. The first kappa shape index (κ1) is 28.9. The van der Waals surface area contributed by atoms with Gasteiger partial charge in [0.1, 0.15) is 17.6 Å². The summed E-state index contributed by atoms with van der Waals surface area (Å²) in [6, 6.07) is 20.0. The van der Waals surface area contributed by atoms with Crippen molar-refractivity contribution in [2.24, 2.45) is 0 Å². The number of pyridine rings is 1. The minimum atomic E-state index is -0.530. The summed E-state index contributed by atoms with van der Waals surface area (Å²) in [6.45, 7) is 5.34. The Morgan fingerprint density at radius 3 is 2.60 bits per heavy atom. The Hall–Kier alpha value is -4.23. The highest BCUT2D eigenvalue weighted by Gasteiger charge is 2.25. The number of nitriles is 1. The molecule has 1 aliphatic rings. The number of fused-ring (bicyclic) bond motifs is 1. The second-order valence-corrected chi connectivity index (χ2v) is 11.4. The zero-order valence-electron chi connectivity index (χ0n) is 23.4. The van der Waals surface area contributed by atoms with Gasteiger partial charge in [-0.25, -0.2) is 9.07 Å². The van der Waals surface area contributed by atoms with E-state index in [0.717, 1.165) is 43.7 Å². The van der Waals surface area contributed by atoms with Crippen LogP contribution in [-0.2, 0) is 0 Å². The molecule has 3 aromatic carbocycles. The third-order valence-corrected chi connectivity index (χ3v) is 8.39. The minimum Gasteiger partial charge on any atom is -0.371 e. The lowest BCUT2D eigenvalue weighted by atomic mass is 10.0. The van der Waals surface area contributed by atoms with Crippen molar-refractivity contribution in [2.75, 3.05) is 30.3 Å². The monoisotopic (exact) mass is 614 g/mol. The summed E-state index contributed by atoms with van der Waals surface area (Å²) in [5, 5.41) is 26.9. The molecule has 5 aromatic rings. The van der Waals surface area contributed by atoms with Crippen LogP contribution in [0.4, 0.5) is 21.5 Å². The van der Waals surface area contributed by atoms with Crippen molar-refractivity contribution in [3.05, 3.63) is 106 Å². The molecule has 1 fully saturated rings. The predicted octanol–water partition coefficient (Wildman–Crippen LogP) is 7.75. The van der Waals surface area contributed by atoms with E-state index in [2.05, 4.69) is 43.8 Å². The van der Waals surface area contributed by atoms with Crippen molar-refractivity contribution in [1.29, 1.82) is 5.26 Å². The summed E-state index contributed by atoms with van der Waals surface area (Å²) in [5.41, 5.74) is 4.33. The van der Waals surface area contributed by atoms with E-state index in [-0.39, 0.29) is 11.1 Å². The number of benzene rings is 3. The molecule has 1 saturated heterocycles. The molecule has 11 heteroatoms. The smallest absolute Gasteiger partial charge is 0.141 e. The van der Waals surface area contributed by atoms with Crippen LogP contribution in [0.1, 0.15) is 48.7 Å². The van der Waals surface area contributed by atoms with Gasteiger partial charge in [0.2, 0.25) is 0 Å². The highest BCUT2D eigenvalue weighted by Crippen LogP contribution is 2.38. The van der Waals surface area contributed by atoms with E-state index < -0.39 is 5.82 Å². The number of nitrogens with one attached hydrogen (secondary N) is 2. The second kappa shape index (κ2) is 12.6. The van der Waals surface area contributed by atoms with Gasteiger partial charge in [-0.15, -0.1) is 5.10 Å². The molecule has 1 aliphatic heterocycles. The summed E-state index contributed by atoms with van der Waals surface area (Å²) in [7, 11) is 0. The highest BCUT2D eigenvalue weighted by atomic mass is 35.5. The normalized spacial score (nSPS) is 14.9. The topological polar surface area (TPSA) is 94.7 Å². The third-order valence-electron chi connectivity index (χ3n) is 7.88. The number of rotatable bonds is 8. The van der Waals surface area contributed by atoms with Crippen LogP contribution in [-0.4, -0.2) is 44.5 Å². The molecule has 8 nitrogen and oxygen atoms in total. The van der Waals surface area contributed by atoms with Crippen molar-refractivity contribution >= 4 is 51.2 Å². The van der Waals surface area contributed by atoms with Crippen molar-refractivity contribution in [2.45, 2.75) is 31.8 Å². The molecule has 0 unspecified atom stereocenters. The van der Waals surface area contributed by atoms with Crippen LogP contribution in [0, 0.1) is 17.1 Å². The van der Waals surface area contributed by atoms with Crippen molar-refractivity contribution in [3.63, 3.8) is 0 Å². The molecular weight excluding hydrogens is 586 g/mol. The molecule has 0 spiro atoms. The average Bonchev–Trinajstić information content (AvgIpc) is 3.52. The lowest BCUT2D eigenvalue weighted by Crippen LogP contribution is -2.34. The van der Waals surface area contributed by atoms with Crippen LogP contribution >= 0.6 is 23.2 Å². The van der Waals surface area contributed by atoms with Crippen molar-refractivity contribution < 1.29 is 4.39 Å². The van der Waals surface area contributed by atoms with Gasteiger partial charge < -0.3 is 15.5 Å². The first-order valence-electron chi connectivity index (χ1n) is 14.1. The number of hydrogen-bond acceptors (Lipinski definition) is 7. The Labute approximate surface area is 259 Å². The van der Waals surface area contributed by atoms with E-state index in [4.69, 9.17) is 23.2 Å². The molecule has 218 valence electrons. The number of anilines is 3. The summed E-state index contributed by atoms with van der Waals surface area (Å²) < 4.78 is 15.8. The minimum absolute atomic E-state index is 0.0306. The Balaban J connectivity index is 1.39. The number of hydrogen-bond donors (Lipinski definition) is 2. The predicted molar refractivity (Wildman–Crippen MR) is 168 cm³/mol. The molecule has 2 N–H and O–H groups in total. The fourth-order valence-corrected chi connectivity index (χ4v) is 5.94. The van der Waals surface area contributed by atoms with Gasteiger partial charge in [-0.2, -0.15) is 5.26 Å². The van der Waals surface area contributed by atoms with Crippen LogP contribution in [0.2, 0.25) is 10.0 Å². The SMILES string of the molecule is CCN1CCC(n2cc([C@@H](Nc3cc(Cl)cc4c(Nc5ccc(F)c(Cl)c5)c(C#N)cnc34)c3ccccc3)nn2)CC1. The maximum Gasteiger partial charge on any atom is 0.141 e. The quantitative estimate of drug-likeness (QED) is 0.184. The molecule has 2 aromatic heterocycles. The fourth-order valence-electron chi connectivity index (χ4n) is 5.55. The summed E-state index contributed by atoms with van der Waals surface area (Å²) >= 11 is 12.7.